The molecule has 0 aromatic heterocycles. The number of hydrogen-bond acceptors (Lipinski definition) is 4. The van der Waals surface area contributed by atoms with Crippen molar-refractivity contribution in [3.05, 3.63) is 72.3 Å². The van der Waals surface area contributed by atoms with E-state index in [9.17, 15) is 13.8 Å². The summed E-state index contributed by atoms with van der Waals surface area (Å²) in [5.74, 6) is -0.386. The molecular formula is C21H20N2O4S. The Bertz CT molecular complexity index is 1030. The zero-order valence-corrected chi connectivity index (χ0v) is 16.3. The Balaban J connectivity index is 1.55. The summed E-state index contributed by atoms with van der Waals surface area (Å²) in [6.45, 7) is 1.60. The normalized spacial score (nSPS) is 12.8. The molecule has 2 amide bonds. The fourth-order valence-electron chi connectivity index (χ4n) is 2.59. The highest BCUT2D eigenvalue weighted by Gasteiger charge is 2.16. The molecule has 3 aromatic rings. The van der Waals surface area contributed by atoms with Crippen LogP contribution >= 0.6 is 0 Å². The molecule has 0 spiro atoms. The lowest BCUT2D eigenvalue weighted by Gasteiger charge is -2.15. The van der Waals surface area contributed by atoms with Crippen LogP contribution in [-0.4, -0.2) is 28.4 Å². The Kier molecular flexibility index (Phi) is 6.06. The van der Waals surface area contributed by atoms with Gasteiger partial charge in [0.15, 0.2) is 6.10 Å². The summed E-state index contributed by atoms with van der Waals surface area (Å²) >= 11 is 0. The topological polar surface area (TPSA) is 84.5 Å². The number of carbonyl (C=O) groups excluding carboxylic acids is 2. The number of carbonyl (C=O) groups is 2. The van der Waals surface area contributed by atoms with Crippen molar-refractivity contribution in [1.82, 2.24) is 10.9 Å². The van der Waals surface area contributed by atoms with E-state index in [2.05, 4.69) is 10.9 Å². The van der Waals surface area contributed by atoms with E-state index in [0.29, 0.717) is 16.2 Å². The van der Waals surface area contributed by atoms with Crippen LogP contribution in [0, 0.1) is 0 Å². The quantitative estimate of drug-likeness (QED) is 0.650. The van der Waals surface area contributed by atoms with Crippen LogP contribution in [0.1, 0.15) is 17.3 Å². The van der Waals surface area contributed by atoms with Gasteiger partial charge in [0.25, 0.3) is 11.8 Å². The van der Waals surface area contributed by atoms with Crippen molar-refractivity contribution in [1.29, 1.82) is 0 Å². The first-order chi connectivity index (χ1) is 13.4. The molecule has 144 valence electrons. The molecule has 6 nitrogen and oxygen atoms in total. The molecule has 2 atom stereocenters. The van der Waals surface area contributed by atoms with Crippen molar-refractivity contribution in [2.45, 2.75) is 17.9 Å². The van der Waals surface area contributed by atoms with Gasteiger partial charge in [-0.3, -0.25) is 24.6 Å². The molecule has 0 saturated heterocycles. The highest BCUT2D eigenvalue weighted by Crippen LogP contribution is 2.21. The average Bonchev–Trinajstić information content (AvgIpc) is 2.71. The van der Waals surface area contributed by atoms with E-state index < -0.39 is 28.7 Å². The number of ether oxygens (including phenoxy) is 1. The van der Waals surface area contributed by atoms with Crippen molar-refractivity contribution >= 4 is 33.4 Å². The second kappa shape index (κ2) is 8.67. The SMILES string of the molecule is CC(Oc1ccc2ccccc2c1)C(=O)NNC(=O)c1ccc(S(C)=O)cc1. The number of amides is 2. The minimum atomic E-state index is -1.11. The van der Waals surface area contributed by atoms with E-state index in [1.165, 1.54) is 0 Å². The second-order valence-corrected chi connectivity index (χ2v) is 7.57. The van der Waals surface area contributed by atoms with Crippen LogP contribution in [0.2, 0.25) is 0 Å². The fraction of sp³-hybridized carbons (Fsp3) is 0.143. The maximum absolute atomic E-state index is 12.2. The first-order valence-electron chi connectivity index (χ1n) is 8.63. The molecule has 2 unspecified atom stereocenters. The number of hydrazine groups is 1. The van der Waals surface area contributed by atoms with Gasteiger partial charge in [-0.05, 0) is 54.1 Å². The third-order valence-corrected chi connectivity index (χ3v) is 5.09. The summed E-state index contributed by atoms with van der Waals surface area (Å²) in [5, 5.41) is 2.09. The maximum Gasteiger partial charge on any atom is 0.279 e. The standard InChI is InChI=1S/C21H20N2O4S/c1-14(27-18-10-7-15-5-3-4-6-17(15)13-18)20(24)22-23-21(25)16-8-11-19(12-9-16)28(2)26/h3-14H,1-2H3,(H,22,24)(H,23,25). The number of hydrogen-bond donors (Lipinski definition) is 2. The Hall–Kier alpha value is -3.19. The molecule has 0 heterocycles. The first kappa shape index (κ1) is 19.6. The van der Waals surface area contributed by atoms with Crippen molar-refractivity contribution in [3.63, 3.8) is 0 Å². The van der Waals surface area contributed by atoms with Gasteiger partial charge in [-0.1, -0.05) is 30.3 Å². The van der Waals surface area contributed by atoms with Gasteiger partial charge in [-0.15, -0.1) is 0 Å². The van der Waals surface area contributed by atoms with Gasteiger partial charge in [-0.2, -0.15) is 0 Å². The Labute approximate surface area is 165 Å². The number of nitrogens with one attached hydrogen (secondary N) is 2. The third kappa shape index (κ3) is 4.75. The van der Waals surface area contributed by atoms with Gasteiger partial charge in [0.05, 0.1) is 0 Å². The molecule has 28 heavy (non-hydrogen) atoms. The number of benzene rings is 3. The minimum Gasteiger partial charge on any atom is -0.481 e. The number of rotatable bonds is 5. The largest absolute Gasteiger partial charge is 0.481 e. The molecule has 3 aromatic carbocycles. The molecule has 0 fully saturated rings. The lowest BCUT2D eigenvalue weighted by Crippen LogP contribution is -2.47. The molecule has 0 saturated carbocycles. The van der Waals surface area contributed by atoms with Crippen molar-refractivity contribution < 1.29 is 18.5 Å². The molecule has 3 rings (SSSR count). The van der Waals surface area contributed by atoms with Gasteiger partial charge < -0.3 is 4.74 Å². The molecule has 0 radical (unpaired) electrons. The van der Waals surface area contributed by atoms with Gasteiger partial charge in [0.1, 0.15) is 5.75 Å². The third-order valence-electron chi connectivity index (χ3n) is 4.15. The van der Waals surface area contributed by atoms with Crippen LogP contribution in [0.3, 0.4) is 0 Å². The van der Waals surface area contributed by atoms with Crippen LogP contribution in [-0.2, 0) is 15.6 Å². The first-order valence-corrected chi connectivity index (χ1v) is 10.2. The molecular weight excluding hydrogens is 376 g/mol. The predicted molar refractivity (Wildman–Crippen MR) is 108 cm³/mol. The molecule has 7 heteroatoms. The lowest BCUT2D eigenvalue weighted by molar-refractivity contribution is -0.128. The number of fused-ring (bicyclic) bond motifs is 1. The van der Waals surface area contributed by atoms with Crippen LogP contribution in [0.5, 0.6) is 5.75 Å². The van der Waals surface area contributed by atoms with Gasteiger partial charge >= 0.3 is 0 Å². The average molecular weight is 396 g/mol. The van der Waals surface area contributed by atoms with Crippen molar-refractivity contribution in [2.24, 2.45) is 0 Å². The van der Waals surface area contributed by atoms with E-state index >= 15 is 0 Å². The monoisotopic (exact) mass is 396 g/mol. The lowest BCUT2D eigenvalue weighted by atomic mass is 10.1. The summed E-state index contributed by atoms with van der Waals surface area (Å²) < 4.78 is 17.0. The molecule has 0 aliphatic heterocycles. The van der Waals surface area contributed by atoms with E-state index in [-0.39, 0.29) is 0 Å². The molecule has 0 bridgehead atoms. The summed E-state index contributed by atoms with van der Waals surface area (Å²) in [4.78, 5) is 24.9. The molecule has 0 aliphatic carbocycles. The van der Waals surface area contributed by atoms with Gasteiger partial charge in [0, 0.05) is 27.5 Å². The van der Waals surface area contributed by atoms with E-state index in [0.717, 1.165) is 10.8 Å². The minimum absolute atomic E-state index is 0.345. The van der Waals surface area contributed by atoms with Crippen molar-refractivity contribution in [3.8, 4) is 5.75 Å². The molecule has 2 N–H and O–H groups in total. The van der Waals surface area contributed by atoms with Crippen LogP contribution in [0.15, 0.2) is 71.6 Å². The summed E-state index contributed by atoms with van der Waals surface area (Å²) in [6.07, 6.45) is 0.762. The van der Waals surface area contributed by atoms with Crippen molar-refractivity contribution in [2.75, 3.05) is 6.26 Å². The Morgan fingerprint density at radius 2 is 1.61 bits per heavy atom. The van der Waals surface area contributed by atoms with Gasteiger partial charge in [-0.25, -0.2) is 0 Å². The predicted octanol–water partition coefficient (Wildman–Crippen LogP) is 2.81. The zero-order chi connectivity index (χ0) is 20.1. The van der Waals surface area contributed by atoms with Crippen LogP contribution < -0.4 is 15.6 Å². The van der Waals surface area contributed by atoms with E-state index in [4.69, 9.17) is 4.74 Å². The summed E-state index contributed by atoms with van der Waals surface area (Å²) in [7, 11) is -1.11. The summed E-state index contributed by atoms with van der Waals surface area (Å²) in [6, 6.07) is 19.7. The highest BCUT2D eigenvalue weighted by atomic mass is 32.2. The van der Waals surface area contributed by atoms with E-state index in [1.807, 2.05) is 36.4 Å². The zero-order valence-electron chi connectivity index (χ0n) is 15.5. The molecule has 0 aliphatic rings. The van der Waals surface area contributed by atoms with Crippen LogP contribution in [0.25, 0.3) is 10.8 Å². The Morgan fingerprint density at radius 1 is 0.929 bits per heavy atom. The maximum atomic E-state index is 12.2. The van der Waals surface area contributed by atoms with E-state index in [1.54, 1.807) is 43.5 Å². The fourth-order valence-corrected chi connectivity index (χ4v) is 3.11. The van der Waals surface area contributed by atoms with Gasteiger partial charge in [0.2, 0.25) is 0 Å². The van der Waals surface area contributed by atoms with Crippen LogP contribution in [0.4, 0.5) is 0 Å². The highest BCUT2D eigenvalue weighted by molar-refractivity contribution is 7.84. The Morgan fingerprint density at radius 3 is 2.29 bits per heavy atom. The smallest absolute Gasteiger partial charge is 0.279 e. The second-order valence-electron chi connectivity index (χ2n) is 6.19. The summed E-state index contributed by atoms with van der Waals surface area (Å²) in [5.41, 5.74) is 5.05.